The van der Waals surface area contributed by atoms with Gasteiger partial charge in [-0.05, 0) is 6.92 Å². The summed E-state index contributed by atoms with van der Waals surface area (Å²) in [6, 6.07) is 0. The highest BCUT2D eigenvalue weighted by atomic mass is 19.4. The van der Waals surface area contributed by atoms with E-state index in [-0.39, 0.29) is 0 Å². The quantitative estimate of drug-likeness (QED) is 0.696. The van der Waals surface area contributed by atoms with E-state index in [1.54, 1.807) is 0 Å². The Morgan fingerprint density at radius 2 is 1.29 bits per heavy atom. The summed E-state index contributed by atoms with van der Waals surface area (Å²) in [5.41, 5.74) is 0. The van der Waals surface area contributed by atoms with Gasteiger partial charge in [-0.25, -0.2) is 8.78 Å². The normalized spacial score (nSPS) is 18.9. The number of hydrogen-bond acceptors (Lipinski definition) is 1. The Morgan fingerprint density at radius 3 is 1.65 bits per heavy atom. The zero-order valence-electron chi connectivity index (χ0n) is 8.58. The first kappa shape index (κ1) is 16.4. The number of ether oxygens (including phenoxy) is 1. The van der Waals surface area contributed by atoms with E-state index in [0.717, 1.165) is 6.92 Å². The topological polar surface area (TPSA) is 9.23 Å². The summed E-state index contributed by atoms with van der Waals surface area (Å²) in [7, 11) is 0. The van der Waals surface area contributed by atoms with Crippen LogP contribution in [0.2, 0.25) is 0 Å². The van der Waals surface area contributed by atoms with Crippen molar-refractivity contribution in [2.45, 2.75) is 44.1 Å². The number of halogens is 8. The minimum Gasteiger partial charge on any atom is -0.375 e. The molecular formula is C8H10F8O. The minimum atomic E-state index is -5.14. The average molecular weight is 274 g/mol. The molecule has 104 valence electrons. The Bertz CT molecular complexity index is 223. The molecule has 0 N–H and O–H groups in total. The van der Waals surface area contributed by atoms with Gasteiger partial charge in [0.2, 0.25) is 6.17 Å². The predicted molar refractivity (Wildman–Crippen MR) is 41.9 cm³/mol. The molecule has 0 aliphatic carbocycles. The van der Waals surface area contributed by atoms with Crippen LogP contribution >= 0.6 is 0 Å². The molecule has 0 rings (SSSR count). The third-order valence-electron chi connectivity index (χ3n) is 1.78. The third-order valence-corrected chi connectivity index (χ3v) is 1.78. The molecule has 0 fully saturated rings. The van der Waals surface area contributed by atoms with Crippen LogP contribution in [0, 0.1) is 0 Å². The maximum atomic E-state index is 12.4. The first-order valence-corrected chi connectivity index (χ1v) is 4.47. The molecule has 0 radical (unpaired) electrons. The highest BCUT2D eigenvalue weighted by Gasteiger charge is 2.42. The molecule has 9 heteroatoms. The lowest BCUT2D eigenvalue weighted by molar-refractivity contribution is -0.205. The second-order valence-electron chi connectivity index (χ2n) is 3.40. The molecule has 3 unspecified atom stereocenters. The largest absolute Gasteiger partial charge is 0.421 e. The molecule has 17 heavy (non-hydrogen) atoms. The Morgan fingerprint density at radius 1 is 0.882 bits per heavy atom. The summed E-state index contributed by atoms with van der Waals surface area (Å²) in [5.74, 6) is 0. The molecule has 0 amide bonds. The Balaban J connectivity index is 4.00. The van der Waals surface area contributed by atoms with Crippen molar-refractivity contribution < 1.29 is 39.9 Å². The Labute approximate surface area is 91.7 Å². The van der Waals surface area contributed by atoms with Gasteiger partial charge in [0.05, 0.1) is 12.7 Å². The molecule has 0 bridgehead atoms. The summed E-state index contributed by atoms with van der Waals surface area (Å²) < 4.78 is 98.9. The van der Waals surface area contributed by atoms with E-state index in [1.165, 1.54) is 0 Å². The van der Waals surface area contributed by atoms with Crippen molar-refractivity contribution in [3.05, 3.63) is 0 Å². The highest BCUT2D eigenvalue weighted by Crippen LogP contribution is 2.28. The zero-order valence-corrected chi connectivity index (χ0v) is 8.58. The summed E-state index contributed by atoms with van der Waals surface area (Å²) >= 11 is 0. The summed E-state index contributed by atoms with van der Waals surface area (Å²) in [6.45, 7) is -0.517. The van der Waals surface area contributed by atoms with Crippen LogP contribution in [-0.4, -0.2) is 37.4 Å². The summed E-state index contributed by atoms with van der Waals surface area (Å²) in [5, 5.41) is 0. The van der Waals surface area contributed by atoms with Crippen LogP contribution in [0.5, 0.6) is 0 Å². The average Bonchev–Trinajstić information content (AvgIpc) is 2.10. The molecule has 0 spiro atoms. The fraction of sp³-hybridized carbons (Fsp3) is 1.00. The van der Waals surface area contributed by atoms with Crippen LogP contribution in [0.25, 0.3) is 0 Å². The van der Waals surface area contributed by atoms with Crippen LogP contribution in [0.4, 0.5) is 35.1 Å². The molecule has 0 aromatic carbocycles. The first-order valence-electron chi connectivity index (χ1n) is 4.47. The van der Waals surface area contributed by atoms with Crippen molar-refractivity contribution in [3.8, 4) is 0 Å². The molecule has 1 nitrogen and oxygen atoms in total. The van der Waals surface area contributed by atoms with Crippen molar-refractivity contribution in [3.63, 3.8) is 0 Å². The minimum absolute atomic E-state index is 0.932. The fourth-order valence-electron chi connectivity index (χ4n) is 0.836. The van der Waals surface area contributed by atoms with Gasteiger partial charge in [0, 0.05) is 6.42 Å². The standard InChI is InChI=1S/C8H10F8O/c1-4(2-5(9)7(11,12)13)17-3-6(10)8(14,15)16/h4-6H,2-3H2,1H3. The van der Waals surface area contributed by atoms with Crippen molar-refractivity contribution in [2.24, 2.45) is 0 Å². The van der Waals surface area contributed by atoms with Crippen molar-refractivity contribution in [1.29, 1.82) is 0 Å². The van der Waals surface area contributed by atoms with Crippen LogP contribution in [0.3, 0.4) is 0 Å². The van der Waals surface area contributed by atoms with E-state index in [9.17, 15) is 35.1 Å². The highest BCUT2D eigenvalue weighted by molar-refractivity contribution is 4.71. The van der Waals surface area contributed by atoms with Crippen LogP contribution in [0.1, 0.15) is 13.3 Å². The number of hydrogen-bond donors (Lipinski definition) is 0. The maximum Gasteiger partial charge on any atom is 0.421 e. The molecule has 0 saturated heterocycles. The van der Waals surface area contributed by atoms with Crippen molar-refractivity contribution in [1.82, 2.24) is 0 Å². The van der Waals surface area contributed by atoms with E-state index in [0.29, 0.717) is 0 Å². The number of alkyl halides is 8. The van der Waals surface area contributed by atoms with Crippen molar-refractivity contribution in [2.75, 3.05) is 6.61 Å². The van der Waals surface area contributed by atoms with E-state index >= 15 is 0 Å². The van der Waals surface area contributed by atoms with Crippen molar-refractivity contribution >= 4 is 0 Å². The van der Waals surface area contributed by atoms with Gasteiger partial charge in [0.25, 0.3) is 0 Å². The fourth-order valence-corrected chi connectivity index (χ4v) is 0.836. The maximum absolute atomic E-state index is 12.4. The summed E-state index contributed by atoms with van der Waals surface area (Å²) in [4.78, 5) is 0. The molecule has 0 aliphatic heterocycles. The predicted octanol–water partition coefficient (Wildman–Crippen LogP) is 3.58. The lowest BCUT2D eigenvalue weighted by Crippen LogP contribution is -2.33. The molecule has 3 atom stereocenters. The lowest BCUT2D eigenvalue weighted by Gasteiger charge is -2.19. The van der Waals surface area contributed by atoms with Gasteiger partial charge in [0.1, 0.15) is 0 Å². The molecule has 0 aromatic heterocycles. The second-order valence-corrected chi connectivity index (χ2v) is 3.40. The van der Waals surface area contributed by atoms with E-state index in [2.05, 4.69) is 4.74 Å². The molecule has 0 saturated carbocycles. The van der Waals surface area contributed by atoms with Gasteiger partial charge >= 0.3 is 12.4 Å². The summed E-state index contributed by atoms with van der Waals surface area (Å²) in [6.07, 6.45) is -19.4. The van der Waals surface area contributed by atoms with Gasteiger partial charge in [-0.3, -0.25) is 0 Å². The zero-order chi connectivity index (χ0) is 13.9. The van der Waals surface area contributed by atoms with Gasteiger partial charge in [-0.15, -0.1) is 0 Å². The monoisotopic (exact) mass is 274 g/mol. The third kappa shape index (κ3) is 6.64. The van der Waals surface area contributed by atoms with E-state index < -0.39 is 43.8 Å². The van der Waals surface area contributed by atoms with E-state index in [1.807, 2.05) is 0 Å². The van der Waals surface area contributed by atoms with E-state index in [4.69, 9.17) is 0 Å². The Hall–Kier alpha value is -0.600. The molecular weight excluding hydrogens is 264 g/mol. The first-order chi connectivity index (χ1) is 7.44. The molecule has 0 aromatic rings. The van der Waals surface area contributed by atoms with Crippen LogP contribution in [-0.2, 0) is 4.74 Å². The van der Waals surface area contributed by atoms with Gasteiger partial charge in [-0.1, -0.05) is 0 Å². The van der Waals surface area contributed by atoms with Crippen LogP contribution in [0.15, 0.2) is 0 Å². The number of rotatable bonds is 5. The second kappa shape index (κ2) is 5.83. The Kier molecular flexibility index (Phi) is 5.63. The van der Waals surface area contributed by atoms with Gasteiger partial charge < -0.3 is 4.74 Å². The molecule has 0 aliphatic rings. The van der Waals surface area contributed by atoms with Gasteiger partial charge in [-0.2, -0.15) is 26.3 Å². The lowest BCUT2D eigenvalue weighted by atomic mass is 10.2. The molecule has 0 heterocycles. The SMILES string of the molecule is CC(CC(F)C(F)(F)F)OCC(F)C(F)(F)F. The van der Waals surface area contributed by atoms with Gasteiger partial charge in [0.15, 0.2) is 6.17 Å². The van der Waals surface area contributed by atoms with Crippen LogP contribution < -0.4 is 0 Å². The smallest absolute Gasteiger partial charge is 0.375 e.